The number of carbonyl (C=O) groups excluding carboxylic acids is 1. The summed E-state index contributed by atoms with van der Waals surface area (Å²) in [6.07, 6.45) is 3.08. The van der Waals surface area contributed by atoms with E-state index in [9.17, 15) is 4.79 Å². The number of hydrogen-bond donors (Lipinski definition) is 2. The molecule has 1 aliphatic heterocycles. The van der Waals surface area contributed by atoms with Gasteiger partial charge in [0.05, 0.1) is 5.92 Å². The van der Waals surface area contributed by atoms with Crippen LogP contribution in [0.15, 0.2) is 16.8 Å². The van der Waals surface area contributed by atoms with Gasteiger partial charge in [-0.1, -0.05) is 0 Å². The number of carbonyl (C=O) groups is 1. The maximum atomic E-state index is 11.8. The van der Waals surface area contributed by atoms with Gasteiger partial charge >= 0.3 is 0 Å². The van der Waals surface area contributed by atoms with Crippen molar-refractivity contribution in [3.63, 3.8) is 0 Å². The molecule has 1 amide bonds. The minimum absolute atomic E-state index is 0.177. The Balaban J connectivity index is 1.67. The van der Waals surface area contributed by atoms with Gasteiger partial charge < -0.3 is 10.6 Å². The molecule has 2 rings (SSSR count). The molecular weight excluding hydrogens is 220 g/mol. The first-order valence-corrected chi connectivity index (χ1v) is 6.80. The van der Waals surface area contributed by atoms with Crippen LogP contribution in [0.2, 0.25) is 0 Å². The summed E-state index contributed by atoms with van der Waals surface area (Å²) in [5, 5.41) is 10.5. The Morgan fingerprint density at radius 3 is 3.25 bits per heavy atom. The molecule has 0 spiro atoms. The van der Waals surface area contributed by atoms with Gasteiger partial charge in [-0.05, 0) is 48.2 Å². The molecule has 2 heterocycles. The number of hydrogen-bond acceptors (Lipinski definition) is 3. The zero-order valence-electron chi connectivity index (χ0n) is 9.37. The Kier molecular flexibility index (Phi) is 4.36. The van der Waals surface area contributed by atoms with Crippen LogP contribution in [-0.2, 0) is 11.2 Å². The van der Waals surface area contributed by atoms with Crippen LogP contribution in [0.5, 0.6) is 0 Å². The number of rotatable bonds is 4. The lowest BCUT2D eigenvalue weighted by molar-refractivity contribution is -0.125. The maximum Gasteiger partial charge on any atom is 0.224 e. The highest BCUT2D eigenvalue weighted by Gasteiger charge is 2.19. The Morgan fingerprint density at radius 2 is 2.56 bits per heavy atom. The fraction of sp³-hybridized carbons (Fsp3) is 0.583. The van der Waals surface area contributed by atoms with Crippen LogP contribution in [0.25, 0.3) is 0 Å². The van der Waals surface area contributed by atoms with Gasteiger partial charge in [-0.25, -0.2) is 0 Å². The second-order valence-corrected chi connectivity index (χ2v) is 5.00. The number of nitrogens with one attached hydrogen (secondary N) is 2. The standard InChI is InChI=1S/C12H18N2OS/c15-12(11-2-1-5-13-8-11)14-6-3-10-4-7-16-9-10/h4,7,9,11,13H,1-3,5-6,8H2,(H,14,15). The molecule has 1 unspecified atom stereocenters. The van der Waals surface area contributed by atoms with Crippen molar-refractivity contribution < 1.29 is 4.79 Å². The lowest BCUT2D eigenvalue weighted by atomic mass is 9.99. The van der Waals surface area contributed by atoms with Crippen LogP contribution >= 0.6 is 11.3 Å². The fourth-order valence-corrected chi connectivity index (χ4v) is 2.69. The molecule has 1 aromatic heterocycles. The average Bonchev–Trinajstić information content (AvgIpc) is 2.83. The van der Waals surface area contributed by atoms with E-state index in [0.717, 1.165) is 38.9 Å². The van der Waals surface area contributed by atoms with E-state index in [-0.39, 0.29) is 11.8 Å². The summed E-state index contributed by atoms with van der Waals surface area (Å²) >= 11 is 1.70. The minimum atomic E-state index is 0.177. The summed E-state index contributed by atoms with van der Waals surface area (Å²) in [6, 6.07) is 2.11. The third kappa shape index (κ3) is 3.32. The first-order chi connectivity index (χ1) is 7.86. The molecule has 0 aromatic carbocycles. The third-order valence-electron chi connectivity index (χ3n) is 2.96. The van der Waals surface area contributed by atoms with Crippen molar-refractivity contribution >= 4 is 17.2 Å². The maximum absolute atomic E-state index is 11.8. The smallest absolute Gasteiger partial charge is 0.224 e. The molecule has 88 valence electrons. The van der Waals surface area contributed by atoms with Crippen molar-refractivity contribution in [1.82, 2.24) is 10.6 Å². The summed E-state index contributed by atoms with van der Waals surface area (Å²) in [5.74, 6) is 0.388. The molecule has 1 atom stereocenters. The normalized spacial score (nSPS) is 20.6. The molecule has 1 fully saturated rings. The molecule has 0 bridgehead atoms. The van der Waals surface area contributed by atoms with E-state index in [1.54, 1.807) is 11.3 Å². The fourth-order valence-electron chi connectivity index (χ4n) is 1.98. The molecule has 2 N–H and O–H groups in total. The van der Waals surface area contributed by atoms with Crippen LogP contribution < -0.4 is 10.6 Å². The molecule has 0 aliphatic carbocycles. The van der Waals surface area contributed by atoms with E-state index in [4.69, 9.17) is 0 Å². The van der Waals surface area contributed by atoms with Crippen molar-refractivity contribution in [3.05, 3.63) is 22.4 Å². The van der Waals surface area contributed by atoms with Crippen LogP contribution in [0.3, 0.4) is 0 Å². The van der Waals surface area contributed by atoms with Crippen LogP contribution in [-0.4, -0.2) is 25.5 Å². The number of thiophene rings is 1. The summed E-state index contributed by atoms with van der Waals surface area (Å²) in [7, 11) is 0. The minimum Gasteiger partial charge on any atom is -0.355 e. The van der Waals surface area contributed by atoms with Gasteiger partial charge in [0.15, 0.2) is 0 Å². The third-order valence-corrected chi connectivity index (χ3v) is 3.69. The van der Waals surface area contributed by atoms with E-state index in [0.29, 0.717) is 0 Å². The quantitative estimate of drug-likeness (QED) is 0.832. The number of piperidine rings is 1. The summed E-state index contributed by atoms with van der Waals surface area (Å²) < 4.78 is 0. The second kappa shape index (κ2) is 6.01. The van der Waals surface area contributed by atoms with Crippen molar-refractivity contribution in [2.24, 2.45) is 5.92 Å². The van der Waals surface area contributed by atoms with Gasteiger partial charge in [0, 0.05) is 13.1 Å². The monoisotopic (exact) mass is 238 g/mol. The van der Waals surface area contributed by atoms with Crippen molar-refractivity contribution in [2.45, 2.75) is 19.3 Å². The second-order valence-electron chi connectivity index (χ2n) is 4.22. The molecule has 1 aliphatic rings. The Morgan fingerprint density at radius 1 is 1.62 bits per heavy atom. The first kappa shape index (κ1) is 11.6. The molecule has 1 saturated heterocycles. The highest BCUT2D eigenvalue weighted by atomic mass is 32.1. The molecule has 3 nitrogen and oxygen atoms in total. The van der Waals surface area contributed by atoms with Gasteiger partial charge in [0.1, 0.15) is 0 Å². The van der Waals surface area contributed by atoms with Gasteiger partial charge in [-0.2, -0.15) is 11.3 Å². The van der Waals surface area contributed by atoms with Gasteiger partial charge in [0.2, 0.25) is 5.91 Å². The zero-order valence-corrected chi connectivity index (χ0v) is 10.2. The Labute approximate surface area is 100 Å². The highest BCUT2D eigenvalue weighted by molar-refractivity contribution is 7.07. The first-order valence-electron chi connectivity index (χ1n) is 5.86. The zero-order chi connectivity index (χ0) is 11.2. The summed E-state index contributed by atoms with van der Waals surface area (Å²) in [6.45, 7) is 2.65. The average molecular weight is 238 g/mol. The highest BCUT2D eigenvalue weighted by Crippen LogP contribution is 2.10. The largest absolute Gasteiger partial charge is 0.355 e. The summed E-state index contributed by atoms with van der Waals surface area (Å²) in [4.78, 5) is 11.8. The van der Waals surface area contributed by atoms with Crippen molar-refractivity contribution in [3.8, 4) is 0 Å². The Bertz CT molecular complexity index is 318. The predicted octanol–water partition coefficient (Wildman–Crippen LogP) is 1.41. The van der Waals surface area contributed by atoms with E-state index >= 15 is 0 Å². The molecule has 4 heteroatoms. The van der Waals surface area contributed by atoms with E-state index in [2.05, 4.69) is 27.5 Å². The van der Waals surface area contributed by atoms with E-state index < -0.39 is 0 Å². The van der Waals surface area contributed by atoms with Crippen LogP contribution in [0.1, 0.15) is 18.4 Å². The van der Waals surface area contributed by atoms with Crippen molar-refractivity contribution in [2.75, 3.05) is 19.6 Å². The van der Waals surface area contributed by atoms with E-state index in [1.807, 2.05) is 0 Å². The van der Waals surface area contributed by atoms with Crippen molar-refractivity contribution in [1.29, 1.82) is 0 Å². The van der Waals surface area contributed by atoms with Crippen LogP contribution in [0.4, 0.5) is 0 Å². The van der Waals surface area contributed by atoms with E-state index in [1.165, 1.54) is 5.56 Å². The van der Waals surface area contributed by atoms with Gasteiger partial charge in [0.25, 0.3) is 0 Å². The molecule has 1 aromatic rings. The Hall–Kier alpha value is -0.870. The lowest BCUT2D eigenvalue weighted by Crippen LogP contribution is -2.41. The van der Waals surface area contributed by atoms with Gasteiger partial charge in [-0.3, -0.25) is 4.79 Å². The molecule has 16 heavy (non-hydrogen) atoms. The van der Waals surface area contributed by atoms with Crippen LogP contribution in [0, 0.1) is 5.92 Å². The predicted molar refractivity (Wildman–Crippen MR) is 66.6 cm³/mol. The number of amides is 1. The molecule has 0 saturated carbocycles. The lowest BCUT2D eigenvalue weighted by Gasteiger charge is -2.21. The SMILES string of the molecule is O=C(NCCc1ccsc1)C1CCCNC1. The van der Waals surface area contributed by atoms with Gasteiger partial charge in [-0.15, -0.1) is 0 Å². The molecular formula is C12H18N2OS. The molecule has 0 radical (unpaired) electrons. The summed E-state index contributed by atoms with van der Waals surface area (Å²) in [5.41, 5.74) is 1.31. The topological polar surface area (TPSA) is 41.1 Å².